The summed E-state index contributed by atoms with van der Waals surface area (Å²) in [5.74, 6) is 0.640. The highest BCUT2D eigenvalue weighted by Crippen LogP contribution is 2.25. The number of aliphatic hydroxyl groups is 4. The maximum absolute atomic E-state index is 9.99. The average Bonchev–Trinajstić information content (AvgIpc) is 2.65. The maximum Gasteiger partial charge on any atom is 0.229 e. The van der Waals surface area contributed by atoms with Gasteiger partial charge in [-0.15, -0.1) is 0 Å². The van der Waals surface area contributed by atoms with Crippen LogP contribution in [0.4, 0.5) is 0 Å². The van der Waals surface area contributed by atoms with Gasteiger partial charge in [0.15, 0.2) is 0 Å². The Balaban J connectivity index is 1.64. The van der Waals surface area contributed by atoms with Crippen molar-refractivity contribution < 1.29 is 35.0 Å². The topological polar surface area (TPSA) is 120 Å². The Hall–Kier alpha value is -2.16. The minimum Gasteiger partial charge on any atom is -0.508 e. The minimum absolute atomic E-state index is 0.219. The van der Waals surface area contributed by atoms with Crippen molar-refractivity contribution in [1.29, 1.82) is 0 Å². The number of benzene rings is 2. The van der Waals surface area contributed by atoms with Crippen LogP contribution in [0.25, 0.3) is 0 Å². The molecule has 0 amide bonds. The van der Waals surface area contributed by atoms with E-state index in [4.69, 9.17) is 9.47 Å². The molecule has 0 aromatic heterocycles. The molecular weight excluding hydrogens is 340 g/mol. The highest BCUT2D eigenvalue weighted by Gasteiger charge is 2.44. The standard InChI is InChI=1S/C19H22O7/c20-10-15-16(22)17(23)18(24)19(26-15)25-14-7-3-12(4-8-14)9-11-1-5-13(21)6-2-11/h1-8,15-24H,9-10H2/t15-,16-,17+,18-,19-/m1/s1. The van der Waals surface area contributed by atoms with Crippen molar-refractivity contribution in [3.05, 3.63) is 59.7 Å². The van der Waals surface area contributed by atoms with Crippen LogP contribution in [0, 0.1) is 0 Å². The molecule has 1 aliphatic rings. The molecule has 0 radical (unpaired) electrons. The van der Waals surface area contributed by atoms with Crippen molar-refractivity contribution in [2.45, 2.75) is 37.1 Å². The van der Waals surface area contributed by atoms with E-state index in [2.05, 4.69) is 0 Å². The van der Waals surface area contributed by atoms with Crippen molar-refractivity contribution in [2.24, 2.45) is 0 Å². The Labute approximate surface area is 150 Å². The first-order valence-corrected chi connectivity index (χ1v) is 8.32. The monoisotopic (exact) mass is 362 g/mol. The van der Waals surface area contributed by atoms with Crippen LogP contribution < -0.4 is 4.74 Å². The number of aromatic hydroxyl groups is 1. The van der Waals surface area contributed by atoms with E-state index in [1.54, 1.807) is 24.3 Å². The van der Waals surface area contributed by atoms with E-state index < -0.39 is 37.3 Å². The van der Waals surface area contributed by atoms with Gasteiger partial charge in [0.2, 0.25) is 6.29 Å². The Bertz CT molecular complexity index is 699. The van der Waals surface area contributed by atoms with E-state index in [0.717, 1.165) is 11.1 Å². The number of ether oxygens (including phenoxy) is 2. The zero-order chi connectivity index (χ0) is 18.7. The number of phenols is 1. The predicted molar refractivity (Wildman–Crippen MR) is 91.8 cm³/mol. The minimum atomic E-state index is -1.47. The molecule has 7 nitrogen and oxygen atoms in total. The first-order valence-electron chi connectivity index (χ1n) is 8.32. The van der Waals surface area contributed by atoms with Crippen molar-refractivity contribution in [3.63, 3.8) is 0 Å². The molecule has 1 aliphatic heterocycles. The molecule has 140 valence electrons. The predicted octanol–water partition coefficient (Wildman–Crippen LogP) is 0.162. The van der Waals surface area contributed by atoms with Crippen LogP contribution in [0.1, 0.15) is 11.1 Å². The molecular formula is C19H22O7. The quantitative estimate of drug-likeness (QED) is 0.514. The molecule has 5 atom stereocenters. The zero-order valence-electron chi connectivity index (χ0n) is 14.0. The summed E-state index contributed by atoms with van der Waals surface area (Å²) in [6.45, 7) is -0.504. The van der Waals surface area contributed by atoms with E-state index in [9.17, 15) is 25.5 Å². The average molecular weight is 362 g/mol. The molecule has 0 spiro atoms. The van der Waals surface area contributed by atoms with Crippen LogP contribution in [-0.4, -0.2) is 62.8 Å². The summed E-state index contributed by atoms with van der Waals surface area (Å²) in [5, 5.41) is 48.1. The van der Waals surface area contributed by atoms with Gasteiger partial charge in [-0.3, -0.25) is 0 Å². The van der Waals surface area contributed by atoms with Crippen LogP contribution in [0.2, 0.25) is 0 Å². The highest BCUT2D eigenvalue weighted by atomic mass is 16.7. The van der Waals surface area contributed by atoms with Crippen LogP contribution >= 0.6 is 0 Å². The first kappa shape index (κ1) is 18.6. The third-order valence-corrected chi connectivity index (χ3v) is 4.37. The number of hydrogen-bond acceptors (Lipinski definition) is 7. The van der Waals surface area contributed by atoms with Gasteiger partial charge in [0, 0.05) is 0 Å². The molecule has 2 aromatic carbocycles. The zero-order valence-corrected chi connectivity index (χ0v) is 14.0. The number of hydrogen-bond donors (Lipinski definition) is 5. The number of aliphatic hydroxyl groups excluding tert-OH is 4. The summed E-state index contributed by atoms with van der Waals surface area (Å²) in [6, 6.07) is 14.1. The van der Waals surface area contributed by atoms with Gasteiger partial charge >= 0.3 is 0 Å². The Morgan fingerprint density at radius 1 is 0.808 bits per heavy atom. The van der Waals surface area contributed by atoms with Gasteiger partial charge in [-0.2, -0.15) is 0 Å². The molecule has 5 N–H and O–H groups in total. The van der Waals surface area contributed by atoms with Crippen LogP contribution in [0.5, 0.6) is 11.5 Å². The second-order valence-corrected chi connectivity index (χ2v) is 6.30. The Morgan fingerprint density at radius 3 is 1.96 bits per heavy atom. The van der Waals surface area contributed by atoms with Crippen molar-refractivity contribution in [3.8, 4) is 11.5 Å². The van der Waals surface area contributed by atoms with E-state index in [1.807, 2.05) is 24.3 Å². The first-order chi connectivity index (χ1) is 12.5. The second kappa shape index (κ2) is 8.03. The van der Waals surface area contributed by atoms with Gasteiger partial charge in [-0.1, -0.05) is 24.3 Å². The van der Waals surface area contributed by atoms with E-state index in [-0.39, 0.29) is 5.75 Å². The summed E-state index contributed by atoms with van der Waals surface area (Å²) in [6.07, 6.45) is -5.85. The lowest BCUT2D eigenvalue weighted by Gasteiger charge is -2.39. The summed E-state index contributed by atoms with van der Waals surface area (Å²) < 4.78 is 10.9. The summed E-state index contributed by atoms with van der Waals surface area (Å²) in [7, 11) is 0. The summed E-state index contributed by atoms with van der Waals surface area (Å²) >= 11 is 0. The van der Waals surface area contributed by atoms with Crippen LogP contribution in [0.3, 0.4) is 0 Å². The fourth-order valence-corrected chi connectivity index (χ4v) is 2.83. The third-order valence-electron chi connectivity index (χ3n) is 4.37. The van der Waals surface area contributed by atoms with Gasteiger partial charge in [-0.05, 0) is 41.8 Å². The molecule has 0 saturated carbocycles. The SMILES string of the molecule is OC[C@H]1O[C@@H](Oc2ccc(Cc3ccc(O)cc3)cc2)[C@H](O)[C@@H](O)[C@@H]1O. The van der Waals surface area contributed by atoms with Gasteiger partial charge < -0.3 is 35.0 Å². The molecule has 0 aliphatic carbocycles. The van der Waals surface area contributed by atoms with Gasteiger partial charge in [0.05, 0.1) is 6.61 Å². The smallest absolute Gasteiger partial charge is 0.229 e. The lowest BCUT2D eigenvalue weighted by molar-refractivity contribution is -0.277. The molecule has 0 unspecified atom stereocenters. The van der Waals surface area contributed by atoms with Crippen molar-refractivity contribution in [1.82, 2.24) is 0 Å². The van der Waals surface area contributed by atoms with Crippen molar-refractivity contribution >= 4 is 0 Å². The summed E-state index contributed by atoms with van der Waals surface area (Å²) in [5.41, 5.74) is 2.07. The van der Waals surface area contributed by atoms with Gasteiger partial charge in [0.25, 0.3) is 0 Å². The molecule has 2 aromatic rings. The second-order valence-electron chi connectivity index (χ2n) is 6.30. The molecule has 1 heterocycles. The van der Waals surface area contributed by atoms with E-state index in [0.29, 0.717) is 12.2 Å². The Morgan fingerprint density at radius 2 is 1.38 bits per heavy atom. The number of rotatable bonds is 5. The van der Waals surface area contributed by atoms with Gasteiger partial charge in [-0.25, -0.2) is 0 Å². The summed E-state index contributed by atoms with van der Waals surface area (Å²) in [4.78, 5) is 0. The fourth-order valence-electron chi connectivity index (χ4n) is 2.83. The molecule has 0 bridgehead atoms. The normalized spacial score (nSPS) is 28.7. The largest absolute Gasteiger partial charge is 0.508 e. The molecule has 1 fully saturated rings. The van der Waals surface area contributed by atoms with E-state index in [1.165, 1.54) is 0 Å². The molecule has 3 rings (SSSR count). The maximum atomic E-state index is 9.99. The molecule has 26 heavy (non-hydrogen) atoms. The van der Waals surface area contributed by atoms with Crippen LogP contribution in [0.15, 0.2) is 48.5 Å². The molecule has 7 heteroatoms. The van der Waals surface area contributed by atoms with Crippen molar-refractivity contribution in [2.75, 3.05) is 6.61 Å². The van der Waals surface area contributed by atoms with E-state index >= 15 is 0 Å². The fraction of sp³-hybridized carbons (Fsp3) is 0.368. The lowest BCUT2D eigenvalue weighted by Crippen LogP contribution is -2.60. The number of phenolic OH excluding ortho intramolecular Hbond substituents is 1. The Kier molecular flexibility index (Phi) is 5.75. The van der Waals surface area contributed by atoms with Crippen LogP contribution in [-0.2, 0) is 11.2 Å². The third kappa shape index (κ3) is 4.14. The van der Waals surface area contributed by atoms with Gasteiger partial charge in [0.1, 0.15) is 35.9 Å². The highest BCUT2D eigenvalue weighted by molar-refractivity contribution is 5.33. The molecule has 1 saturated heterocycles. The lowest BCUT2D eigenvalue weighted by atomic mass is 9.99.